The summed E-state index contributed by atoms with van der Waals surface area (Å²) >= 11 is 0. The van der Waals surface area contributed by atoms with Crippen LogP contribution in [0.4, 0.5) is 0 Å². The van der Waals surface area contributed by atoms with Crippen LogP contribution in [0.1, 0.15) is 36.8 Å². The fourth-order valence-electron chi connectivity index (χ4n) is 3.51. The van der Waals surface area contributed by atoms with E-state index >= 15 is 0 Å². The van der Waals surface area contributed by atoms with Gasteiger partial charge in [0.15, 0.2) is 0 Å². The molecule has 90 valence electrons. The molecule has 1 aromatic rings. The molecule has 2 aliphatic carbocycles. The van der Waals surface area contributed by atoms with Crippen molar-refractivity contribution >= 4 is 5.78 Å². The molecule has 0 saturated heterocycles. The Hall–Kier alpha value is -1.15. The Morgan fingerprint density at radius 3 is 2.88 bits per heavy atom. The quantitative estimate of drug-likeness (QED) is 0.742. The number of rotatable bonds is 0. The maximum atomic E-state index is 11.9. The fraction of sp³-hybridized carbons (Fsp3) is 0.533. The van der Waals surface area contributed by atoms with Crippen molar-refractivity contribution < 1.29 is 9.90 Å². The van der Waals surface area contributed by atoms with E-state index in [1.54, 1.807) is 0 Å². The van der Waals surface area contributed by atoms with Gasteiger partial charge in [0.05, 0.1) is 6.10 Å². The normalized spacial score (nSPS) is 36.2. The molecule has 1 fully saturated rings. The van der Waals surface area contributed by atoms with Crippen LogP contribution in [0.25, 0.3) is 0 Å². The fourth-order valence-corrected chi connectivity index (χ4v) is 3.51. The molecule has 0 bridgehead atoms. The van der Waals surface area contributed by atoms with Gasteiger partial charge in [-0.3, -0.25) is 4.79 Å². The van der Waals surface area contributed by atoms with Crippen LogP contribution in [-0.4, -0.2) is 17.0 Å². The lowest BCUT2D eigenvalue weighted by atomic mass is 9.64. The topological polar surface area (TPSA) is 37.3 Å². The average Bonchev–Trinajstić information content (AvgIpc) is 2.36. The molecule has 0 amide bonds. The number of aliphatic hydroxyl groups excluding tert-OH is 1. The Kier molecular flexibility index (Phi) is 2.55. The molecule has 2 nitrogen and oxygen atoms in total. The largest absolute Gasteiger partial charge is 0.392 e. The van der Waals surface area contributed by atoms with Crippen LogP contribution in [0.5, 0.6) is 0 Å². The second kappa shape index (κ2) is 3.95. The van der Waals surface area contributed by atoms with Gasteiger partial charge in [-0.25, -0.2) is 0 Å². The zero-order valence-electron chi connectivity index (χ0n) is 10.1. The van der Waals surface area contributed by atoms with E-state index in [1.165, 1.54) is 11.1 Å². The Bertz CT molecular complexity index is 452. The van der Waals surface area contributed by atoms with Gasteiger partial charge in [0.1, 0.15) is 5.78 Å². The lowest BCUT2D eigenvalue weighted by molar-refractivity contribution is -0.132. The summed E-state index contributed by atoms with van der Waals surface area (Å²) in [4.78, 5) is 11.9. The maximum absolute atomic E-state index is 11.9. The molecule has 17 heavy (non-hydrogen) atoms. The van der Waals surface area contributed by atoms with E-state index < -0.39 is 6.10 Å². The summed E-state index contributed by atoms with van der Waals surface area (Å²) in [6.45, 7) is 1.86. The van der Waals surface area contributed by atoms with Crippen molar-refractivity contribution in [2.45, 2.75) is 38.2 Å². The number of fused-ring (bicyclic) bond motifs is 3. The lowest BCUT2D eigenvalue weighted by Crippen LogP contribution is -2.44. The number of carbonyl (C=O) groups excluding carboxylic acids is 1. The van der Waals surface area contributed by atoms with Gasteiger partial charge in [-0.15, -0.1) is 0 Å². The van der Waals surface area contributed by atoms with Crippen molar-refractivity contribution in [1.29, 1.82) is 0 Å². The second-order valence-electron chi connectivity index (χ2n) is 5.46. The third-order valence-electron chi connectivity index (χ3n) is 4.60. The van der Waals surface area contributed by atoms with Crippen LogP contribution in [0.15, 0.2) is 24.3 Å². The minimum Gasteiger partial charge on any atom is -0.392 e. The van der Waals surface area contributed by atoms with Crippen LogP contribution in [0, 0.1) is 11.8 Å². The summed E-state index contributed by atoms with van der Waals surface area (Å²) in [5.41, 5.74) is 2.66. The van der Waals surface area contributed by atoms with Gasteiger partial charge in [-0.1, -0.05) is 31.2 Å². The third-order valence-corrected chi connectivity index (χ3v) is 4.60. The molecule has 4 atom stereocenters. The summed E-state index contributed by atoms with van der Waals surface area (Å²) < 4.78 is 0. The SMILES string of the molecule is CC1C(=O)CC2c3ccccc3CCC2C1O. The number of aryl methyl sites for hydroxylation is 1. The van der Waals surface area contributed by atoms with Gasteiger partial charge in [0.25, 0.3) is 0 Å². The number of ketones is 1. The second-order valence-corrected chi connectivity index (χ2v) is 5.46. The average molecular weight is 230 g/mol. The minimum absolute atomic E-state index is 0.179. The molecule has 1 aromatic carbocycles. The standard InChI is InChI=1S/C15H18O2/c1-9-14(16)8-13-11-5-3-2-4-10(11)6-7-12(13)15(9)17/h2-5,9,12-13,15,17H,6-8H2,1H3. The first-order valence-corrected chi connectivity index (χ1v) is 6.47. The number of Topliss-reactive ketones (excluding diaryl/α,β-unsaturated/α-hetero) is 1. The predicted octanol–water partition coefficient (Wildman–Crippen LogP) is 2.30. The van der Waals surface area contributed by atoms with Crippen LogP contribution >= 0.6 is 0 Å². The summed E-state index contributed by atoms with van der Waals surface area (Å²) in [5, 5.41) is 10.2. The Balaban J connectivity index is 2.01. The summed E-state index contributed by atoms with van der Waals surface area (Å²) in [6, 6.07) is 8.38. The summed E-state index contributed by atoms with van der Waals surface area (Å²) in [6.07, 6.45) is 2.21. The highest BCUT2D eigenvalue weighted by atomic mass is 16.3. The first kappa shape index (κ1) is 11.0. The van der Waals surface area contributed by atoms with Crippen molar-refractivity contribution in [2.24, 2.45) is 11.8 Å². The molecule has 0 aliphatic heterocycles. The predicted molar refractivity (Wildman–Crippen MR) is 65.8 cm³/mol. The highest BCUT2D eigenvalue weighted by Crippen LogP contribution is 2.45. The number of hydrogen-bond acceptors (Lipinski definition) is 2. The number of benzene rings is 1. The van der Waals surface area contributed by atoms with Crippen molar-refractivity contribution in [2.75, 3.05) is 0 Å². The van der Waals surface area contributed by atoms with Crippen molar-refractivity contribution in [3.63, 3.8) is 0 Å². The molecule has 2 heteroatoms. The summed E-state index contributed by atoms with van der Waals surface area (Å²) in [5.74, 6) is 0.563. The third kappa shape index (κ3) is 1.62. The zero-order chi connectivity index (χ0) is 12.0. The number of hydrogen-bond donors (Lipinski definition) is 1. The number of carbonyl (C=O) groups is 1. The first-order valence-electron chi connectivity index (χ1n) is 6.47. The Morgan fingerprint density at radius 1 is 1.29 bits per heavy atom. The molecule has 4 unspecified atom stereocenters. The molecule has 0 radical (unpaired) electrons. The Morgan fingerprint density at radius 2 is 2.06 bits per heavy atom. The van der Waals surface area contributed by atoms with Gasteiger partial charge < -0.3 is 5.11 Å². The molecule has 1 N–H and O–H groups in total. The molecule has 0 aromatic heterocycles. The van der Waals surface area contributed by atoms with E-state index in [4.69, 9.17) is 0 Å². The van der Waals surface area contributed by atoms with Gasteiger partial charge in [-0.2, -0.15) is 0 Å². The maximum Gasteiger partial charge on any atom is 0.138 e. The Labute approximate surface area is 102 Å². The van der Waals surface area contributed by atoms with Crippen molar-refractivity contribution in [1.82, 2.24) is 0 Å². The molecule has 0 heterocycles. The van der Waals surface area contributed by atoms with E-state index in [9.17, 15) is 9.90 Å². The molecule has 3 rings (SSSR count). The molecule has 1 saturated carbocycles. The van der Waals surface area contributed by atoms with Crippen LogP contribution in [-0.2, 0) is 11.2 Å². The van der Waals surface area contributed by atoms with Crippen molar-refractivity contribution in [3.8, 4) is 0 Å². The highest BCUT2D eigenvalue weighted by Gasteiger charge is 2.43. The monoisotopic (exact) mass is 230 g/mol. The summed E-state index contributed by atoms with van der Waals surface area (Å²) in [7, 11) is 0. The first-order chi connectivity index (χ1) is 8.18. The zero-order valence-corrected chi connectivity index (χ0v) is 10.1. The number of aliphatic hydroxyl groups is 1. The molecular weight excluding hydrogens is 212 g/mol. The molecule has 0 spiro atoms. The molecule has 2 aliphatic rings. The van der Waals surface area contributed by atoms with Gasteiger partial charge in [0.2, 0.25) is 0 Å². The smallest absolute Gasteiger partial charge is 0.138 e. The van der Waals surface area contributed by atoms with Crippen LogP contribution in [0.3, 0.4) is 0 Å². The van der Waals surface area contributed by atoms with E-state index in [0.29, 0.717) is 6.42 Å². The van der Waals surface area contributed by atoms with Crippen LogP contribution < -0.4 is 0 Å². The molecular formula is C15H18O2. The van der Waals surface area contributed by atoms with E-state index in [-0.39, 0.29) is 23.5 Å². The lowest BCUT2D eigenvalue weighted by Gasteiger charge is -2.42. The van der Waals surface area contributed by atoms with E-state index in [1.807, 2.05) is 13.0 Å². The van der Waals surface area contributed by atoms with E-state index in [2.05, 4.69) is 18.2 Å². The van der Waals surface area contributed by atoms with Gasteiger partial charge in [0, 0.05) is 12.3 Å². The highest BCUT2D eigenvalue weighted by molar-refractivity contribution is 5.83. The van der Waals surface area contributed by atoms with Gasteiger partial charge >= 0.3 is 0 Å². The van der Waals surface area contributed by atoms with Crippen LogP contribution in [0.2, 0.25) is 0 Å². The van der Waals surface area contributed by atoms with Gasteiger partial charge in [-0.05, 0) is 35.8 Å². The van der Waals surface area contributed by atoms with Crippen molar-refractivity contribution in [3.05, 3.63) is 35.4 Å². The van der Waals surface area contributed by atoms with E-state index in [0.717, 1.165) is 12.8 Å². The minimum atomic E-state index is -0.449.